The van der Waals surface area contributed by atoms with Gasteiger partial charge in [0.25, 0.3) is 0 Å². The molecule has 78 valence electrons. The van der Waals surface area contributed by atoms with Crippen LogP contribution in [0, 0.1) is 0 Å². The van der Waals surface area contributed by atoms with E-state index in [4.69, 9.17) is 0 Å². The van der Waals surface area contributed by atoms with Crippen LogP contribution < -0.4 is 0 Å². The summed E-state index contributed by atoms with van der Waals surface area (Å²) in [5.41, 5.74) is 2.40. The summed E-state index contributed by atoms with van der Waals surface area (Å²) < 4.78 is 0. The smallest absolute Gasteiger partial charge is 0.177 e. The van der Waals surface area contributed by atoms with Crippen molar-refractivity contribution >= 4 is 0 Å². The Kier molecular flexibility index (Phi) is 2.11. The fourth-order valence-electron chi connectivity index (χ4n) is 1.91. The third-order valence-electron chi connectivity index (χ3n) is 2.66. The SMILES string of the molecule is C1=CC=C2C(=CC=CC2c2nn[nH]n2)C=C1. The Morgan fingerprint density at radius 3 is 2.94 bits per heavy atom. The zero-order chi connectivity index (χ0) is 10.8. The van der Waals surface area contributed by atoms with Crippen LogP contribution in [0.4, 0.5) is 0 Å². The Balaban J connectivity index is 2.07. The number of rotatable bonds is 1. The van der Waals surface area contributed by atoms with Crippen LogP contribution in [0.2, 0.25) is 0 Å². The van der Waals surface area contributed by atoms with E-state index in [0.717, 1.165) is 0 Å². The molecule has 1 N–H and O–H groups in total. The molecule has 0 saturated heterocycles. The Morgan fingerprint density at radius 1 is 1.06 bits per heavy atom. The topological polar surface area (TPSA) is 54.5 Å². The van der Waals surface area contributed by atoms with Crippen LogP contribution in [0.25, 0.3) is 0 Å². The third kappa shape index (κ3) is 1.44. The maximum Gasteiger partial charge on any atom is 0.185 e. The van der Waals surface area contributed by atoms with Crippen LogP contribution in [0.5, 0.6) is 0 Å². The van der Waals surface area contributed by atoms with Gasteiger partial charge in [-0.2, -0.15) is 5.21 Å². The molecule has 4 nitrogen and oxygen atoms in total. The number of tetrazole rings is 1. The molecule has 0 amide bonds. The van der Waals surface area contributed by atoms with E-state index < -0.39 is 0 Å². The second-order valence-electron chi connectivity index (χ2n) is 3.62. The summed E-state index contributed by atoms with van der Waals surface area (Å²) in [5.74, 6) is 0.794. The normalized spacial score (nSPS) is 22.4. The number of fused-ring (bicyclic) bond motifs is 1. The van der Waals surface area contributed by atoms with E-state index in [9.17, 15) is 0 Å². The van der Waals surface area contributed by atoms with E-state index in [1.807, 2.05) is 24.3 Å². The molecule has 0 aromatic carbocycles. The van der Waals surface area contributed by atoms with Crippen LogP contribution in [0.3, 0.4) is 0 Å². The minimum atomic E-state index is 0.0890. The lowest BCUT2D eigenvalue weighted by Crippen LogP contribution is -2.06. The van der Waals surface area contributed by atoms with Crippen molar-refractivity contribution in [3.63, 3.8) is 0 Å². The molecule has 1 aromatic rings. The molecule has 16 heavy (non-hydrogen) atoms. The van der Waals surface area contributed by atoms with Gasteiger partial charge in [-0.25, -0.2) is 0 Å². The molecule has 0 aliphatic heterocycles. The molecule has 0 bridgehead atoms. The van der Waals surface area contributed by atoms with E-state index in [0.29, 0.717) is 5.82 Å². The lowest BCUT2D eigenvalue weighted by molar-refractivity contribution is 0.875. The largest absolute Gasteiger partial charge is 0.185 e. The summed E-state index contributed by atoms with van der Waals surface area (Å²) in [6.45, 7) is 0. The first-order valence-electron chi connectivity index (χ1n) is 5.12. The van der Waals surface area contributed by atoms with Crippen molar-refractivity contribution in [1.29, 1.82) is 0 Å². The van der Waals surface area contributed by atoms with Gasteiger partial charge in [-0.05, 0) is 11.1 Å². The van der Waals surface area contributed by atoms with Gasteiger partial charge in [0.1, 0.15) is 0 Å². The summed E-state index contributed by atoms with van der Waals surface area (Å²) in [6, 6.07) is 0. The molecular weight excluding hydrogens is 200 g/mol. The molecule has 3 rings (SSSR count). The van der Waals surface area contributed by atoms with Gasteiger partial charge in [0.2, 0.25) is 0 Å². The molecule has 0 fully saturated rings. The minimum absolute atomic E-state index is 0.0890. The summed E-state index contributed by atoms with van der Waals surface area (Å²) in [7, 11) is 0. The highest BCUT2D eigenvalue weighted by atomic mass is 15.5. The lowest BCUT2D eigenvalue weighted by Gasteiger charge is -2.17. The molecule has 0 saturated carbocycles. The second kappa shape index (κ2) is 3.73. The summed E-state index contributed by atoms with van der Waals surface area (Å²) >= 11 is 0. The van der Waals surface area contributed by atoms with Crippen molar-refractivity contribution in [2.45, 2.75) is 5.92 Å². The number of nitrogens with zero attached hydrogens (tertiary/aromatic N) is 3. The van der Waals surface area contributed by atoms with E-state index >= 15 is 0 Å². The van der Waals surface area contributed by atoms with Crippen LogP contribution >= 0.6 is 0 Å². The number of allylic oxidation sites excluding steroid dienone is 10. The van der Waals surface area contributed by atoms with Gasteiger partial charge in [-0.15, -0.1) is 10.2 Å². The van der Waals surface area contributed by atoms with E-state index in [2.05, 4.69) is 44.9 Å². The standard InChI is InChI=1S/C12H10N4/c1-2-5-9-6-4-8-11(10(9)7-3-1)12-13-15-16-14-12/h1-8,11H,(H,13,14,15,16). The fraction of sp³-hybridized carbons (Fsp3) is 0.0833. The Labute approximate surface area is 92.8 Å². The molecule has 4 heteroatoms. The average molecular weight is 210 g/mol. The third-order valence-corrected chi connectivity index (χ3v) is 2.66. The Hall–Kier alpha value is -2.23. The van der Waals surface area contributed by atoms with Crippen LogP contribution in [-0.2, 0) is 0 Å². The molecular formula is C12H10N4. The summed E-state index contributed by atoms with van der Waals surface area (Å²) in [4.78, 5) is 0. The molecule has 0 spiro atoms. The van der Waals surface area contributed by atoms with Gasteiger partial charge in [0.05, 0.1) is 5.92 Å². The first kappa shape index (κ1) is 9.03. The van der Waals surface area contributed by atoms with Crippen molar-refractivity contribution in [3.05, 3.63) is 65.6 Å². The van der Waals surface area contributed by atoms with Crippen molar-refractivity contribution in [1.82, 2.24) is 20.6 Å². The maximum absolute atomic E-state index is 4.05. The Morgan fingerprint density at radius 2 is 2.06 bits per heavy atom. The van der Waals surface area contributed by atoms with Crippen LogP contribution in [0.1, 0.15) is 11.7 Å². The molecule has 2 aliphatic rings. The fourth-order valence-corrected chi connectivity index (χ4v) is 1.91. The zero-order valence-corrected chi connectivity index (χ0v) is 8.54. The quantitative estimate of drug-likeness (QED) is 0.769. The van der Waals surface area contributed by atoms with Gasteiger partial charge in [-0.1, -0.05) is 53.8 Å². The number of hydrogen-bond donors (Lipinski definition) is 1. The molecule has 1 heterocycles. The van der Waals surface area contributed by atoms with Crippen molar-refractivity contribution in [2.75, 3.05) is 0 Å². The lowest BCUT2D eigenvalue weighted by atomic mass is 9.87. The molecule has 1 atom stereocenters. The average Bonchev–Trinajstić information content (AvgIpc) is 2.73. The number of nitrogens with one attached hydrogen (secondary N) is 1. The number of hydrogen-bond acceptors (Lipinski definition) is 3. The molecule has 2 aliphatic carbocycles. The monoisotopic (exact) mass is 210 g/mol. The highest BCUT2D eigenvalue weighted by Gasteiger charge is 2.21. The summed E-state index contributed by atoms with van der Waals surface area (Å²) in [5, 5.41) is 14.2. The molecule has 1 unspecified atom stereocenters. The van der Waals surface area contributed by atoms with E-state index in [-0.39, 0.29) is 5.92 Å². The predicted octanol–water partition coefficient (Wildman–Crippen LogP) is 1.83. The van der Waals surface area contributed by atoms with Crippen molar-refractivity contribution in [2.24, 2.45) is 0 Å². The van der Waals surface area contributed by atoms with Crippen LogP contribution in [0.15, 0.2) is 59.8 Å². The van der Waals surface area contributed by atoms with Gasteiger partial charge in [0.15, 0.2) is 5.82 Å². The molecule has 1 aromatic heterocycles. The molecule has 0 radical (unpaired) electrons. The maximum atomic E-state index is 4.05. The highest BCUT2D eigenvalue weighted by molar-refractivity contribution is 5.54. The van der Waals surface area contributed by atoms with Gasteiger partial charge >= 0.3 is 0 Å². The van der Waals surface area contributed by atoms with Gasteiger partial charge < -0.3 is 0 Å². The van der Waals surface area contributed by atoms with Crippen molar-refractivity contribution in [3.8, 4) is 0 Å². The number of aromatic amines is 1. The predicted molar refractivity (Wildman–Crippen MR) is 60.5 cm³/mol. The van der Waals surface area contributed by atoms with Gasteiger partial charge in [-0.3, -0.25) is 0 Å². The first-order chi connectivity index (χ1) is 7.95. The number of aromatic nitrogens is 4. The van der Waals surface area contributed by atoms with E-state index in [1.165, 1.54) is 11.1 Å². The summed E-state index contributed by atoms with van der Waals surface area (Å²) in [6.07, 6.45) is 16.4. The zero-order valence-electron chi connectivity index (χ0n) is 8.54. The minimum Gasteiger partial charge on any atom is -0.177 e. The first-order valence-corrected chi connectivity index (χ1v) is 5.12. The van der Waals surface area contributed by atoms with E-state index in [1.54, 1.807) is 0 Å². The van der Waals surface area contributed by atoms with Crippen molar-refractivity contribution < 1.29 is 0 Å². The Bertz CT molecular complexity index is 529. The van der Waals surface area contributed by atoms with Crippen LogP contribution in [-0.4, -0.2) is 20.6 Å². The highest BCUT2D eigenvalue weighted by Crippen LogP contribution is 2.33. The number of H-pyrrole nitrogens is 1. The van der Waals surface area contributed by atoms with Gasteiger partial charge in [0, 0.05) is 0 Å². The second-order valence-corrected chi connectivity index (χ2v) is 3.62.